The third kappa shape index (κ3) is 3.54. The van der Waals surface area contributed by atoms with Crippen molar-refractivity contribution >= 4 is 37.6 Å². The van der Waals surface area contributed by atoms with Gasteiger partial charge in [0.25, 0.3) is 0 Å². The lowest BCUT2D eigenvalue weighted by Crippen LogP contribution is -2.29. The molecule has 0 radical (unpaired) electrons. The van der Waals surface area contributed by atoms with Crippen LogP contribution in [0.25, 0.3) is 21.7 Å². The van der Waals surface area contributed by atoms with Crippen LogP contribution in [0.5, 0.6) is 0 Å². The first-order chi connectivity index (χ1) is 12.1. The lowest BCUT2D eigenvalue weighted by Gasteiger charge is -2.10. The van der Waals surface area contributed by atoms with Crippen molar-refractivity contribution in [3.63, 3.8) is 0 Å². The molecule has 6 nitrogen and oxygen atoms in total. The maximum Gasteiger partial charge on any atom is 0.437 e. The fraction of sp³-hybridized carbons (Fsp3) is 0.125. The maximum absolute atomic E-state index is 13.3. The number of hydrogen-bond acceptors (Lipinski definition) is 6. The van der Waals surface area contributed by atoms with E-state index in [9.17, 15) is 26.4 Å². The van der Waals surface area contributed by atoms with Crippen molar-refractivity contribution in [2.24, 2.45) is 5.16 Å². The molecular weight excluding hydrogens is 375 g/mol. The third-order valence-corrected chi connectivity index (χ3v) is 3.77. The molecule has 0 fully saturated rings. The second kappa shape index (κ2) is 6.13. The summed E-state index contributed by atoms with van der Waals surface area (Å²) in [6.45, 7) is 0. The highest BCUT2D eigenvalue weighted by Gasteiger charge is 2.40. The van der Waals surface area contributed by atoms with Crippen LogP contribution < -0.4 is 5.63 Å². The Balaban J connectivity index is 2.32. The fourth-order valence-electron chi connectivity index (χ4n) is 2.40. The zero-order chi connectivity index (χ0) is 19.1. The Bertz CT molecular complexity index is 1200. The molecule has 0 aliphatic rings. The number of halogens is 3. The van der Waals surface area contributed by atoms with E-state index in [1.54, 1.807) is 30.3 Å². The van der Waals surface area contributed by atoms with Gasteiger partial charge >= 0.3 is 21.9 Å². The monoisotopic (exact) mass is 385 g/mol. The van der Waals surface area contributed by atoms with Crippen LogP contribution >= 0.6 is 0 Å². The number of oxime groups is 1. The number of hydrogen-bond donors (Lipinski definition) is 0. The van der Waals surface area contributed by atoms with Crippen molar-refractivity contribution in [3.8, 4) is 0 Å². The van der Waals surface area contributed by atoms with E-state index < -0.39 is 33.2 Å². The predicted octanol–water partition coefficient (Wildman–Crippen LogP) is 3.19. The first-order valence-corrected chi connectivity index (χ1v) is 8.88. The SMILES string of the molecule is CS(=O)(=O)O/N=C(\c1cc2c(ccc3ccccc32)oc1=O)C(F)(F)F. The molecule has 0 aliphatic carbocycles. The lowest BCUT2D eigenvalue weighted by atomic mass is 10.0. The van der Waals surface area contributed by atoms with Crippen LogP contribution in [-0.2, 0) is 14.4 Å². The van der Waals surface area contributed by atoms with E-state index in [4.69, 9.17) is 4.42 Å². The lowest BCUT2D eigenvalue weighted by molar-refractivity contribution is -0.0598. The van der Waals surface area contributed by atoms with Crippen molar-refractivity contribution in [2.75, 3.05) is 6.26 Å². The summed E-state index contributed by atoms with van der Waals surface area (Å²) in [6.07, 6.45) is -4.61. The number of nitrogens with zero attached hydrogens (tertiary/aromatic N) is 1. The second-order valence-corrected chi connectivity index (χ2v) is 6.92. The van der Waals surface area contributed by atoms with E-state index in [1.807, 2.05) is 0 Å². The number of benzene rings is 2. The Morgan fingerprint density at radius 1 is 1.12 bits per heavy atom. The zero-order valence-corrected chi connectivity index (χ0v) is 13.9. The summed E-state index contributed by atoms with van der Waals surface area (Å²) >= 11 is 0. The number of fused-ring (bicyclic) bond motifs is 3. The topological polar surface area (TPSA) is 85.9 Å². The standard InChI is InChI=1S/C16H10F3NO5S/c1-26(22,23)25-20-14(16(17,18)19)12-8-11-10-5-3-2-4-9(10)6-7-13(11)24-15(12)21/h2-8H,1H3/b20-14+. The summed E-state index contributed by atoms with van der Waals surface area (Å²) < 4.78 is 70.7. The highest BCUT2D eigenvalue weighted by Crippen LogP contribution is 2.28. The minimum absolute atomic E-state index is 0.0861. The van der Waals surface area contributed by atoms with Gasteiger partial charge in [0.05, 0.1) is 11.8 Å². The minimum atomic E-state index is -5.14. The van der Waals surface area contributed by atoms with Crippen LogP contribution in [0.1, 0.15) is 5.56 Å². The molecule has 0 saturated heterocycles. The Labute approximate surface area is 144 Å². The molecule has 0 atom stereocenters. The van der Waals surface area contributed by atoms with Gasteiger partial charge < -0.3 is 4.42 Å². The van der Waals surface area contributed by atoms with Crippen LogP contribution in [-0.4, -0.2) is 26.6 Å². The summed E-state index contributed by atoms with van der Waals surface area (Å²) in [5, 5.41) is 4.15. The second-order valence-electron chi connectivity index (χ2n) is 5.36. The van der Waals surface area contributed by atoms with Crippen molar-refractivity contribution in [1.82, 2.24) is 0 Å². The molecule has 1 heterocycles. The number of rotatable bonds is 3. The number of alkyl halides is 3. The average Bonchev–Trinajstić information content (AvgIpc) is 2.53. The average molecular weight is 385 g/mol. The first kappa shape index (κ1) is 17.9. The molecule has 10 heteroatoms. The molecule has 0 amide bonds. The van der Waals surface area contributed by atoms with E-state index in [-0.39, 0.29) is 11.0 Å². The van der Waals surface area contributed by atoms with E-state index in [2.05, 4.69) is 9.44 Å². The third-order valence-electron chi connectivity index (χ3n) is 3.43. The predicted molar refractivity (Wildman–Crippen MR) is 88.5 cm³/mol. The molecular formula is C16H10F3NO5S. The Kier molecular flexibility index (Phi) is 4.23. The molecule has 3 rings (SSSR count). The Morgan fingerprint density at radius 3 is 2.46 bits per heavy atom. The van der Waals surface area contributed by atoms with Gasteiger partial charge in [0, 0.05) is 5.39 Å². The summed E-state index contributed by atoms with van der Waals surface area (Å²) in [6, 6.07) is 10.9. The molecule has 3 aromatic rings. The fourth-order valence-corrected chi connectivity index (χ4v) is 2.61. The molecule has 0 bridgehead atoms. The van der Waals surface area contributed by atoms with Gasteiger partial charge in [0.2, 0.25) is 0 Å². The van der Waals surface area contributed by atoms with E-state index in [1.165, 1.54) is 6.07 Å². The summed E-state index contributed by atoms with van der Waals surface area (Å²) in [7, 11) is -4.30. The zero-order valence-electron chi connectivity index (χ0n) is 13.1. The molecule has 0 N–H and O–H groups in total. The van der Waals surface area contributed by atoms with Gasteiger partial charge in [-0.3, -0.25) is 4.28 Å². The molecule has 0 spiro atoms. The summed E-state index contributed by atoms with van der Waals surface area (Å²) in [4.78, 5) is 12.0. The minimum Gasteiger partial charge on any atom is -0.422 e. The molecule has 136 valence electrons. The van der Waals surface area contributed by atoms with Crippen LogP contribution in [0.2, 0.25) is 0 Å². The Morgan fingerprint density at radius 2 is 1.81 bits per heavy atom. The van der Waals surface area contributed by atoms with Gasteiger partial charge in [-0.1, -0.05) is 35.5 Å². The highest BCUT2D eigenvalue weighted by molar-refractivity contribution is 7.85. The smallest absolute Gasteiger partial charge is 0.422 e. The molecule has 0 unspecified atom stereocenters. The first-order valence-electron chi connectivity index (χ1n) is 7.06. The summed E-state index contributed by atoms with van der Waals surface area (Å²) in [5.74, 6) is 0. The van der Waals surface area contributed by atoms with Gasteiger partial charge in [0.1, 0.15) is 5.58 Å². The van der Waals surface area contributed by atoms with Crippen LogP contribution in [0.3, 0.4) is 0 Å². The van der Waals surface area contributed by atoms with Gasteiger partial charge in [0.15, 0.2) is 5.71 Å². The van der Waals surface area contributed by atoms with Crippen molar-refractivity contribution < 1.29 is 30.3 Å². The molecule has 0 aliphatic heterocycles. The van der Waals surface area contributed by atoms with Crippen LogP contribution in [0.15, 0.2) is 56.8 Å². The van der Waals surface area contributed by atoms with Crippen molar-refractivity contribution in [2.45, 2.75) is 6.18 Å². The van der Waals surface area contributed by atoms with Gasteiger partial charge in [-0.25, -0.2) is 4.79 Å². The molecule has 2 aromatic carbocycles. The Hall–Kier alpha value is -2.88. The molecule has 0 saturated carbocycles. The maximum atomic E-state index is 13.3. The quantitative estimate of drug-likeness (QED) is 0.299. The van der Waals surface area contributed by atoms with E-state index in [0.717, 1.165) is 11.5 Å². The normalized spacial score (nSPS) is 13.3. The van der Waals surface area contributed by atoms with Gasteiger partial charge in [-0.05, 0) is 22.9 Å². The van der Waals surface area contributed by atoms with Crippen molar-refractivity contribution in [3.05, 3.63) is 58.4 Å². The van der Waals surface area contributed by atoms with Gasteiger partial charge in [-0.15, -0.1) is 0 Å². The van der Waals surface area contributed by atoms with Gasteiger partial charge in [-0.2, -0.15) is 21.6 Å². The molecule has 1 aromatic heterocycles. The van der Waals surface area contributed by atoms with Crippen LogP contribution in [0, 0.1) is 0 Å². The summed E-state index contributed by atoms with van der Waals surface area (Å²) in [5.41, 5.74) is -3.99. The highest BCUT2D eigenvalue weighted by atomic mass is 32.2. The van der Waals surface area contributed by atoms with Crippen LogP contribution in [0.4, 0.5) is 13.2 Å². The van der Waals surface area contributed by atoms with E-state index >= 15 is 0 Å². The molecule has 26 heavy (non-hydrogen) atoms. The van der Waals surface area contributed by atoms with E-state index in [0.29, 0.717) is 11.6 Å². The largest absolute Gasteiger partial charge is 0.437 e. The van der Waals surface area contributed by atoms with Crippen molar-refractivity contribution in [1.29, 1.82) is 0 Å².